The normalized spacial score (nSPS) is 15.2. The summed E-state index contributed by atoms with van der Waals surface area (Å²) >= 11 is 0. The zero-order valence-corrected chi connectivity index (χ0v) is 16.2. The van der Waals surface area contributed by atoms with Gasteiger partial charge in [-0.15, -0.1) is 0 Å². The number of carbonyl (C=O) groups excluding carboxylic acids is 1. The maximum Gasteiger partial charge on any atom is 0.262 e. The van der Waals surface area contributed by atoms with E-state index in [1.165, 1.54) is 6.07 Å². The molecule has 0 bridgehead atoms. The molecule has 4 nitrogen and oxygen atoms in total. The third-order valence-corrected chi connectivity index (χ3v) is 4.60. The smallest absolute Gasteiger partial charge is 0.262 e. The van der Waals surface area contributed by atoms with Gasteiger partial charge in [-0.2, -0.15) is 0 Å². The van der Waals surface area contributed by atoms with Crippen LogP contribution in [0.5, 0.6) is 0 Å². The van der Waals surface area contributed by atoms with Gasteiger partial charge in [-0.25, -0.2) is 26.9 Å². The van der Waals surface area contributed by atoms with Crippen LogP contribution in [0.3, 0.4) is 0 Å². The Labute approximate surface area is 170 Å². The molecule has 2 heterocycles. The van der Waals surface area contributed by atoms with Crippen molar-refractivity contribution in [2.24, 2.45) is 0 Å². The first-order chi connectivity index (χ1) is 14.1. The number of amides is 1. The summed E-state index contributed by atoms with van der Waals surface area (Å²) < 4.78 is 66.8. The van der Waals surface area contributed by atoms with Crippen molar-refractivity contribution in [3.63, 3.8) is 0 Å². The largest absolute Gasteiger partial charge is 0.306 e. The number of aromatic nitrogens is 1. The average Bonchev–Trinajstić information content (AvgIpc) is 2.61. The summed E-state index contributed by atoms with van der Waals surface area (Å²) in [6, 6.07) is 5.60. The number of piperidine rings is 1. The Bertz CT molecular complexity index is 938. The first-order valence-electron chi connectivity index (χ1n) is 9.33. The molecule has 1 N–H and O–H groups in total. The number of alkyl halides is 2. The standard InChI is InChI=1S/C21H20F5N3O/c1-21(25,26)12-29-7-5-13(6-8-29)9-15-3-2-4-18(27-15)28-20(30)19-16(23)10-14(22)11-17(19)24/h2-4,9-11H,5-8,12H2,1H3,(H,27,28,30). The van der Waals surface area contributed by atoms with Crippen LogP contribution in [0, 0.1) is 17.5 Å². The number of halogens is 5. The molecule has 0 saturated carbocycles. The van der Waals surface area contributed by atoms with Gasteiger partial charge < -0.3 is 5.32 Å². The maximum absolute atomic E-state index is 13.8. The van der Waals surface area contributed by atoms with E-state index in [1.54, 1.807) is 23.1 Å². The Balaban J connectivity index is 1.67. The second-order valence-corrected chi connectivity index (χ2v) is 7.30. The van der Waals surface area contributed by atoms with Gasteiger partial charge in [0.05, 0.1) is 12.2 Å². The lowest BCUT2D eigenvalue weighted by atomic mass is 10.0. The minimum absolute atomic E-state index is 0.0699. The Morgan fingerprint density at radius 2 is 1.80 bits per heavy atom. The van der Waals surface area contributed by atoms with Crippen molar-refractivity contribution in [1.29, 1.82) is 0 Å². The maximum atomic E-state index is 13.8. The minimum atomic E-state index is -2.74. The van der Waals surface area contributed by atoms with Crippen molar-refractivity contribution >= 4 is 17.8 Å². The average molecular weight is 425 g/mol. The molecule has 1 aliphatic rings. The molecule has 9 heteroatoms. The molecule has 0 unspecified atom stereocenters. The molecule has 160 valence electrons. The summed E-state index contributed by atoms with van der Waals surface area (Å²) in [4.78, 5) is 18.1. The van der Waals surface area contributed by atoms with Crippen LogP contribution in [0.15, 0.2) is 35.9 Å². The number of carbonyl (C=O) groups is 1. The summed E-state index contributed by atoms with van der Waals surface area (Å²) in [6.07, 6.45) is 3.02. The SMILES string of the molecule is CC(F)(F)CN1CCC(=Cc2cccc(NC(=O)c3c(F)cc(F)cc3F)n2)CC1. The van der Waals surface area contributed by atoms with E-state index in [0.717, 1.165) is 12.5 Å². The van der Waals surface area contributed by atoms with Gasteiger partial charge in [0.2, 0.25) is 0 Å². The molecule has 1 saturated heterocycles. The lowest BCUT2D eigenvalue weighted by Crippen LogP contribution is -2.38. The van der Waals surface area contributed by atoms with Crippen molar-refractivity contribution in [3.8, 4) is 0 Å². The van der Waals surface area contributed by atoms with Crippen LogP contribution in [0.1, 0.15) is 35.8 Å². The number of hydrogen-bond donors (Lipinski definition) is 1. The van der Waals surface area contributed by atoms with Gasteiger partial charge in [0.25, 0.3) is 11.8 Å². The molecule has 1 amide bonds. The second kappa shape index (κ2) is 8.91. The fourth-order valence-electron chi connectivity index (χ4n) is 3.28. The highest BCUT2D eigenvalue weighted by Gasteiger charge is 2.26. The van der Waals surface area contributed by atoms with E-state index in [0.29, 0.717) is 43.8 Å². The number of nitrogens with one attached hydrogen (secondary N) is 1. The fourth-order valence-corrected chi connectivity index (χ4v) is 3.28. The zero-order valence-electron chi connectivity index (χ0n) is 16.2. The molecule has 30 heavy (non-hydrogen) atoms. The lowest BCUT2D eigenvalue weighted by molar-refractivity contribution is -0.0161. The van der Waals surface area contributed by atoms with Gasteiger partial charge >= 0.3 is 0 Å². The number of nitrogens with zero attached hydrogens (tertiary/aromatic N) is 2. The number of pyridine rings is 1. The Morgan fingerprint density at radius 3 is 2.40 bits per heavy atom. The first-order valence-corrected chi connectivity index (χ1v) is 9.33. The predicted molar refractivity (Wildman–Crippen MR) is 103 cm³/mol. The monoisotopic (exact) mass is 425 g/mol. The van der Waals surface area contributed by atoms with Gasteiger partial charge in [0, 0.05) is 32.1 Å². The number of anilines is 1. The summed E-state index contributed by atoms with van der Waals surface area (Å²) in [6.45, 7) is 1.63. The van der Waals surface area contributed by atoms with Crippen molar-refractivity contribution in [2.75, 3.05) is 25.0 Å². The van der Waals surface area contributed by atoms with Crippen LogP contribution in [0.2, 0.25) is 0 Å². The van der Waals surface area contributed by atoms with Gasteiger partial charge in [-0.05, 0) is 31.1 Å². The number of hydrogen-bond acceptors (Lipinski definition) is 3. The Morgan fingerprint density at radius 1 is 1.17 bits per heavy atom. The van der Waals surface area contributed by atoms with Gasteiger partial charge in [0.1, 0.15) is 28.8 Å². The van der Waals surface area contributed by atoms with Gasteiger partial charge in [0.15, 0.2) is 0 Å². The third-order valence-electron chi connectivity index (χ3n) is 4.60. The number of rotatable bonds is 5. The Hall–Kier alpha value is -2.81. The van der Waals surface area contributed by atoms with E-state index < -0.39 is 34.8 Å². The summed E-state index contributed by atoms with van der Waals surface area (Å²) in [7, 11) is 0. The molecule has 0 atom stereocenters. The summed E-state index contributed by atoms with van der Waals surface area (Å²) in [5.74, 6) is -7.50. The number of likely N-dealkylation sites (tertiary alicyclic amines) is 1. The van der Waals surface area contributed by atoms with E-state index in [9.17, 15) is 26.7 Å². The van der Waals surface area contributed by atoms with E-state index in [4.69, 9.17) is 0 Å². The van der Waals surface area contributed by atoms with E-state index in [2.05, 4.69) is 10.3 Å². The molecule has 1 aliphatic heterocycles. The van der Waals surface area contributed by atoms with Crippen LogP contribution >= 0.6 is 0 Å². The van der Waals surface area contributed by atoms with Crippen LogP contribution in [0.25, 0.3) is 6.08 Å². The topological polar surface area (TPSA) is 45.2 Å². The lowest BCUT2D eigenvalue weighted by Gasteiger charge is -2.30. The second-order valence-electron chi connectivity index (χ2n) is 7.30. The van der Waals surface area contributed by atoms with Crippen LogP contribution in [-0.4, -0.2) is 41.3 Å². The molecule has 3 rings (SSSR count). The van der Waals surface area contributed by atoms with Gasteiger partial charge in [-0.1, -0.05) is 11.6 Å². The predicted octanol–water partition coefficient (Wildman–Crippen LogP) is 4.89. The third kappa shape index (κ3) is 5.85. The fraction of sp³-hybridized carbons (Fsp3) is 0.333. The van der Waals surface area contributed by atoms with E-state index in [-0.39, 0.29) is 12.4 Å². The molecular weight excluding hydrogens is 405 g/mol. The molecule has 1 aromatic heterocycles. The van der Waals surface area contributed by atoms with Crippen molar-refractivity contribution < 1.29 is 26.7 Å². The van der Waals surface area contributed by atoms with Crippen molar-refractivity contribution in [3.05, 3.63) is 64.6 Å². The molecule has 0 radical (unpaired) electrons. The highest BCUT2D eigenvalue weighted by Crippen LogP contribution is 2.23. The van der Waals surface area contributed by atoms with E-state index >= 15 is 0 Å². The highest BCUT2D eigenvalue weighted by atomic mass is 19.3. The zero-order chi connectivity index (χ0) is 21.9. The molecule has 1 fully saturated rings. The van der Waals surface area contributed by atoms with Gasteiger partial charge in [-0.3, -0.25) is 9.69 Å². The summed E-state index contributed by atoms with van der Waals surface area (Å²) in [5, 5.41) is 2.30. The van der Waals surface area contributed by atoms with Crippen LogP contribution < -0.4 is 5.32 Å². The van der Waals surface area contributed by atoms with Crippen molar-refractivity contribution in [1.82, 2.24) is 9.88 Å². The Kier molecular flexibility index (Phi) is 6.50. The van der Waals surface area contributed by atoms with Crippen LogP contribution in [0.4, 0.5) is 27.8 Å². The minimum Gasteiger partial charge on any atom is -0.306 e. The highest BCUT2D eigenvalue weighted by molar-refractivity contribution is 6.04. The van der Waals surface area contributed by atoms with Crippen LogP contribution in [-0.2, 0) is 0 Å². The van der Waals surface area contributed by atoms with Crippen molar-refractivity contribution in [2.45, 2.75) is 25.7 Å². The molecular formula is C21H20F5N3O. The first kappa shape index (κ1) is 21.9. The summed E-state index contributed by atoms with van der Waals surface area (Å²) in [5.41, 5.74) is 0.636. The molecule has 2 aromatic rings. The quantitative estimate of drug-likeness (QED) is 0.695. The molecule has 1 aromatic carbocycles. The van der Waals surface area contributed by atoms with E-state index in [1.807, 2.05) is 0 Å². The number of benzene rings is 1. The molecule has 0 aliphatic carbocycles. The molecule has 0 spiro atoms.